The molecule has 0 bridgehead atoms. The molecule has 0 radical (unpaired) electrons. The number of halogens is 1. The number of fused-ring (bicyclic) bond motifs is 1. The quantitative estimate of drug-likeness (QED) is 0.794. The molecule has 0 spiro atoms. The molecule has 2 N–H and O–H groups in total. The second-order valence-corrected chi connectivity index (χ2v) is 7.61. The molecule has 1 aliphatic heterocycles. The van der Waals surface area contributed by atoms with E-state index in [1.807, 2.05) is 57.2 Å². The number of amides is 1. The van der Waals surface area contributed by atoms with Gasteiger partial charge >= 0.3 is 6.09 Å². The molecule has 3 rings (SSSR count). The Morgan fingerprint density at radius 1 is 1.12 bits per heavy atom. The van der Waals surface area contributed by atoms with Gasteiger partial charge < -0.3 is 10.1 Å². The van der Waals surface area contributed by atoms with Gasteiger partial charge in [0.25, 0.3) is 0 Å². The molecule has 1 amide bonds. The van der Waals surface area contributed by atoms with Crippen LogP contribution in [0.4, 0.5) is 10.5 Å². The number of anilines is 1. The lowest BCUT2D eigenvalue weighted by molar-refractivity contribution is 0.0635. The van der Waals surface area contributed by atoms with Crippen molar-refractivity contribution < 1.29 is 9.53 Å². The maximum atomic E-state index is 12.1. The molecule has 4 nitrogen and oxygen atoms in total. The Labute approximate surface area is 153 Å². The van der Waals surface area contributed by atoms with Gasteiger partial charge in [0.15, 0.2) is 0 Å². The van der Waals surface area contributed by atoms with Gasteiger partial charge in [-0.25, -0.2) is 4.79 Å². The molecule has 132 valence electrons. The number of benzene rings is 2. The first-order valence-electron chi connectivity index (χ1n) is 8.45. The van der Waals surface area contributed by atoms with Gasteiger partial charge in [0.05, 0.1) is 0 Å². The van der Waals surface area contributed by atoms with Gasteiger partial charge in [0.2, 0.25) is 0 Å². The molecule has 0 saturated carbocycles. The van der Waals surface area contributed by atoms with Crippen molar-refractivity contribution in [3.8, 4) is 11.1 Å². The van der Waals surface area contributed by atoms with Crippen molar-refractivity contribution in [1.82, 2.24) is 5.32 Å². The Hall–Kier alpha value is -2.04. The number of hydrogen-bond donors (Lipinski definition) is 2. The summed E-state index contributed by atoms with van der Waals surface area (Å²) in [4.78, 5) is 12.1. The fourth-order valence-corrected chi connectivity index (χ4v) is 3.16. The molecule has 1 heterocycles. The molecule has 0 aromatic heterocycles. The lowest BCUT2D eigenvalue weighted by Crippen LogP contribution is -2.29. The Bertz CT molecular complexity index is 780. The predicted octanol–water partition coefficient (Wildman–Crippen LogP) is 5.00. The van der Waals surface area contributed by atoms with Crippen LogP contribution in [0.5, 0.6) is 0 Å². The summed E-state index contributed by atoms with van der Waals surface area (Å²) in [7, 11) is 0. The first-order valence-corrected chi connectivity index (χ1v) is 8.83. The second kappa shape index (κ2) is 7.06. The predicted molar refractivity (Wildman–Crippen MR) is 102 cm³/mol. The van der Waals surface area contributed by atoms with Crippen LogP contribution in [0.2, 0.25) is 5.02 Å². The van der Waals surface area contributed by atoms with Crippen LogP contribution in [-0.4, -0.2) is 18.2 Å². The molecule has 0 atom stereocenters. The summed E-state index contributed by atoms with van der Waals surface area (Å²) in [6.45, 7) is 7.23. The molecule has 0 unspecified atom stereocenters. The van der Waals surface area contributed by atoms with E-state index in [4.69, 9.17) is 16.3 Å². The van der Waals surface area contributed by atoms with E-state index in [0.29, 0.717) is 0 Å². The molecule has 0 fully saturated rings. The Morgan fingerprint density at radius 3 is 2.52 bits per heavy atom. The fraction of sp³-hybridized carbons (Fsp3) is 0.350. The summed E-state index contributed by atoms with van der Waals surface area (Å²) in [5, 5.41) is 7.04. The number of rotatable bonds is 2. The third-order valence-electron chi connectivity index (χ3n) is 4.08. The highest BCUT2D eigenvalue weighted by molar-refractivity contribution is 6.30. The van der Waals surface area contributed by atoms with E-state index >= 15 is 0 Å². The van der Waals surface area contributed by atoms with Crippen LogP contribution in [-0.2, 0) is 17.7 Å². The Morgan fingerprint density at radius 2 is 1.84 bits per heavy atom. The number of hydrogen-bond acceptors (Lipinski definition) is 3. The van der Waals surface area contributed by atoms with Crippen molar-refractivity contribution in [3.05, 3.63) is 52.5 Å². The highest BCUT2D eigenvalue weighted by Gasteiger charge is 2.21. The summed E-state index contributed by atoms with van der Waals surface area (Å²) in [6, 6.07) is 11.8. The molecule has 5 heteroatoms. The SMILES string of the molecule is CC(C)(C)OC(=O)Nc1ccc(-c2ccc(Cl)cc2)c2c1CCNC2. The summed E-state index contributed by atoms with van der Waals surface area (Å²) < 4.78 is 5.38. The van der Waals surface area contributed by atoms with Gasteiger partial charge in [-0.2, -0.15) is 0 Å². The highest BCUT2D eigenvalue weighted by Crippen LogP contribution is 2.33. The lowest BCUT2D eigenvalue weighted by Gasteiger charge is -2.25. The average molecular weight is 359 g/mol. The van der Waals surface area contributed by atoms with Crippen molar-refractivity contribution in [3.63, 3.8) is 0 Å². The summed E-state index contributed by atoms with van der Waals surface area (Å²) >= 11 is 6.00. The van der Waals surface area contributed by atoms with E-state index in [1.54, 1.807) is 0 Å². The zero-order chi connectivity index (χ0) is 18.0. The summed E-state index contributed by atoms with van der Waals surface area (Å²) in [5.41, 5.74) is 4.96. The molecule has 1 aliphatic rings. The van der Waals surface area contributed by atoms with E-state index in [-0.39, 0.29) is 0 Å². The lowest BCUT2D eigenvalue weighted by atomic mass is 9.90. The van der Waals surface area contributed by atoms with Crippen LogP contribution in [0.3, 0.4) is 0 Å². The standard InChI is InChI=1S/C20H23ClN2O2/c1-20(2,3)25-19(24)23-18-9-8-15(13-4-6-14(21)7-5-13)17-12-22-11-10-16(17)18/h4-9,22H,10-12H2,1-3H3,(H,23,24). The molecular formula is C20H23ClN2O2. The largest absolute Gasteiger partial charge is 0.444 e. The number of nitrogens with one attached hydrogen (secondary N) is 2. The minimum Gasteiger partial charge on any atom is -0.444 e. The number of carbonyl (C=O) groups excluding carboxylic acids is 1. The van der Waals surface area contributed by atoms with Crippen molar-refractivity contribution in [2.24, 2.45) is 0 Å². The minimum atomic E-state index is -0.519. The monoisotopic (exact) mass is 358 g/mol. The third-order valence-corrected chi connectivity index (χ3v) is 4.33. The molecule has 0 saturated heterocycles. The van der Waals surface area contributed by atoms with Gasteiger partial charge in [0, 0.05) is 17.3 Å². The van der Waals surface area contributed by atoms with Gasteiger partial charge in [0.1, 0.15) is 5.60 Å². The van der Waals surface area contributed by atoms with Gasteiger partial charge in [-0.3, -0.25) is 5.32 Å². The molecule has 0 aliphatic carbocycles. The third kappa shape index (κ3) is 4.33. The van der Waals surface area contributed by atoms with Gasteiger partial charge in [-0.05, 0) is 74.2 Å². The van der Waals surface area contributed by atoms with E-state index in [9.17, 15) is 4.79 Å². The number of ether oxygens (including phenoxy) is 1. The molecular weight excluding hydrogens is 336 g/mol. The maximum absolute atomic E-state index is 12.1. The topological polar surface area (TPSA) is 50.4 Å². The van der Waals surface area contributed by atoms with Gasteiger partial charge in [-0.1, -0.05) is 29.8 Å². The fourth-order valence-electron chi connectivity index (χ4n) is 3.04. The number of carbonyl (C=O) groups is 1. The zero-order valence-corrected chi connectivity index (χ0v) is 15.5. The average Bonchev–Trinajstić information content (AvgIpc) is 2.54. The normalized spacial score (nSPS) is 13.9. The highest BCUT2D eigenvalue weighted by atomic mass is 35.5. The smallest absolute Gasteiger partial charge is 0.412 e. The van der Waals surface area contributed by atoms with Crippen LogP contribution < -0.4 is 10.6 Å². The maximum Gasteiger partial charge on any atom is 0.412 e. The first-order chi connectivity index (χ1) is 11.8. The first kappa shape index (κ1) is 17.8. The van der Waals surface area contributed by atoms with Crippen molar-refractivity contribution >= 4 is 23.4 Å². The van der Waals surface area contributed by atoms with Crippen molar-refractivity contribution in [2.45, 2.75) is 39.3 Å². The van der Waals surface area contributed by atoms with E-state index < -0.39 is 11.7 Å². The summed E-state index contributed by atoms with van der Waals surface area (Å²) in [5.74, 6) is 0. The van der Waals surface area contributed by atoms with Crippen LogP contribution in [0.1, 0.15) is 31.9 Å². The van der Waals surface area contributed by atoms with Gasteiger partial charge in [-0.15, -0.1) is 0 Å². The summed E-state index contributed by atoms with van der Waals surface area (Å²) in [6.07, 6.45) is 0.439. The van der Waals surface area contributed by atoms with E-state index in [1.165, 1.54) is 5.56 Å². The van der Waals surface area contributed by atoms with Crippen molar-refractivity contribution in [1.29, 1.82) is 0 Å². The van der Waals surface area contributed by atoms with Crippen LogP contribution in [0, 0.1) is 0 Å². The van der Waals surface area contributed by atoms with Crippen molar-refractivity contribution in [2.75, 3.05) is 11.9 Å². The van der Waals surface area contributed by atoms with Crippen LogP contribution in [0.15, 0.2) is 36.4 Å². The molecule has 25 heavy (non-hydrogen) atoms. The second-order valence-electron chi connectivity index (χ2n) is 7.18. The molecule has 2 aromatic rings. The van der Waals surface area contributed by atoms with Crippen LogP contribution >= 0.6 is 11.6 Å². The Balaban J connectivity index is 1.94. The van der Waals surface area contributed by atoms with Crippen LogP contribution in [0.25, 0.3) is 11.1 Å². The molecule has 2 aromatic carbocycles. The Kier molecular flexibility index (Phi) is 5.02. The van der Waals surface area contributed by atoms with E-state index in [0.717, 1.165) is 46.9 Å². The zero-order valence-electron chi connectivity index (χ0n) is 14.8. The van der Waals surface area contributed by atoms with E-state index in [2.05, 4.69) is 10.6 Å². The minimum absolute atomic E-state index is 0.424.